The molecule has 1 aromatic heterocycles. The van der Waals surface area contributed by atoms with Crippen LogP contribution in [-0.2, 0) is 0 Å². The minimum Gasteiger partial charge on any atom is -0.304 e. The molecule has 1 aromatic carbocycles. The molecule has 0 amide bonds. The summed E-state index contributed by atoms with van der Waals surface area (Å²) < 4.78 is 0. The van der Waals surface area contributed by atoms with E-state index in [1.54, 1.807) is 0 Å². The van der Waals surface area contributed by atoms with E-state index >= 15 is 0 Å². The van der Waals surface area contributed by atoms with E-state index in [0.717, 1.165) is 0 Å². The molecule has 0 fully saturated rings. The van der Waals surface area contributed by atoms with Crippen molar-refractivity contribution in [3.63, 3.8) is 0 Å². The van der Waals surface area contributed by atoms with Crippen LogP contribution in [0, 0.1) is 13.8 Å². The van der Waals surface area contributed by atoms with E-state index in [2.05, 4.69) is 68.3 Å². The first kappa shape index (κ1) is 13.8. The lowest BCUT2D eigenvalue weighted by Crippen LogP contribution is -2.22. The van der Waals surface area contributed by atoms with Crippen LogP contribution in [0.3, 0.4) is 0 Å². The monoisotopic (exact) mass is 254 g/mol. The van der Waals surface area contributed by atoms with E-state index in [9.17, 15) is 0 Å². The van der Waals surface area contributed by atoms with Gasteiger partial charge in [0.05, 0.1) is 0 Å². The average Bonchev–Trinajstić information content (AvgIpc) is 2.38. The Morgan fingerprint density at radius 1 is 0.842 bits per heavy atom. The van der Waals surface area contributed by atoms with E-state index in [0.29, 0.717) is 12.1 Å². The van der Waals surface area contributed by atoms with Crippen LogP contribution in [0.15, 0.2) is 42.7 Å². The molecule has 100 valence electrons. The van der Waals surface area contributed by atoms with Crippen molar-refractivity contribution in [3.05, 3.63) is 65.0 Å². The van der Waals surface area contributed by atoms with Crippen LogP contribution in [0.25, 0.3) is 0 Å². The molecule has 2 unspecified atom stereocenters. The third-order valence-electron chi connectivity index (χ3n) is 3.45. The number of rotatable bonds is 4. The van der Waals surface area contributed by atoms with Crippen LogP contribution in [-0.4, -0.2) is 4.98 Å². The summed E-state index contributed by atoms with van der Waals surface area (Å²) in [5, 5.41) is 3.64. The highest BCUT2D eigenvalue weighted by atomic mass is 14.9. The first-order valence-electron chi connectivity index (χ1n) is 6.80. The van der Waals surface area contributed by atoms with E-state index in [1.165, 1.54) is 22.3 Å². The SMILES string of the molecule is Cc1cc(C)cc(C(C)NC(C)c2ccncc2)c1. The van der Waals surface area contributed by atoms with Crippen LogP contribution >= 0.6 is 0 Å². The van der Waals surface area contributed by atoms with Gasteiger partial charge in [-0.2, -0.15) is 0 Å². The fourth-order valence-electron chi connectivity index (χ4n) is 2.48. The number of aromatic nitrogens is 1. The van der Waals surface area contributed by atoms with Crippen LogP contribution in [0.5, 0.6) is 0 Å². The van der Waals surface area contributed by atoms with Gasteiger partial charge in [0.2, 0.25) is 0 Å². The zero-order chi connectivity index (χ0) is 13.8. The molecule has 19 heavy (non-hydrogen) atoms. The Hall–Kier alpha value is -1.67. The van der Waals surface area contributed by atoms with Crippen LogP contribution in [0.4, 0.5) is 0 Å². The summed E-state index contributed by atoms with van der Waals surface area (Å²) in [5.41, 5.74) is 5.25. The Balaban J connectivity index is 2.10. The Kier molecular flexibility index (Phi) is 4.33. The van der Waals surface area contributed by atoms with Crippen molar-refractivity contribution in [1.82, 2.24) is 10.3 Å². The molecule has 0 aliphatic heterocycles. The van der Waals surface area contributed by atoms with Gasteiger partial charge in [-0.1, -0.05) is 29.3 Å². The smallest absolute Gasteiger partial charge is 0.0298 e. The number of hydrogen-bond donors (Lipinski definition) is 1. The number of nitrogens with one attached hydrogen (secondary N) is 1. The molecule has 0 bridgehead atoms. The summed E-state index contributed by atoms with van der Waals surface area (Å²) in [5.74, 6) is 0. The summed E-state index contributed by atoms with van der Waals surface area (Å²) in [4.78, 5) is 4.06. The molecular formula is C17H22N2. The lowest BCUT2D eigenvalue weighted by atomic mass is 10.0. The number of pyridine rings is 1. The summed E-state index contributed by atoms with van der Waals surface area (Å²) in [7, 11) is 0. The molecule has 2 heteroatoms. The molecule has 2 rings (SSSR count). The van der Waals surface area contributed by atoms with E-state index in [4.69, 9.17) is 0 Å². The molecule has 2 aromatic rings. The highest BCUT2D eigenvalue weighted by Crippen LogP contribution is 2.20. The molecule has 0 radical (unpaired) electrons. The minimum atomic E-state index is 0.318. The highest BCUT2D eigenvalue weighted by molar-refractivity contribution is 5.30. The molecule has 0 saturated carbocycles. The van der Waals surface area contributed by atoms with Gasteiger partial charge in [0.1, 0.15) is 0 Å². The second-order valence-corrected chi connectivity index (χ2v) is 5.31. The van der Waals surface area contributed by atoms with Crippen molar-refractivity contribution in [2.24, 2.45) is 0 Å². The second kappa shape index (κ2) is 5.98. The maximum atomic E-state index is 4.06. The van der Waals surface area contributed by atoms with Gasteiger partial charge in [-0.25, -0.2) is 0 Å². The zero-order valence-corrected chi connectivity index (χ0v) is 12.1. The van der Waals surface area contributed by atoms with E-state index in [1.807, 2.05) is 12.4 Å². The van der Waals surface area contributed by atoms with Crippen LogP contribution in [0.2, 0.25) is 0 Å². The molecule has 2 nitrogen and oxygen atoms in total. The first-order valence-corrected chi connectivity index (χ1v) is 6.80. The molecule has 1 heterocycles. The molecular weight excluding hydrogens is 232 g/mol. The molecule has 0 aliphatic carbocycles. The standard InChI is InChI=1S/C17H22N2/c1-12-9-13(2)11-17(10-12)15(4)19-14(3)16-5-7-18-8-6-16/h5-11,14-15,19H,1-4H3. The zero-order valence-electron chi connectivity index (χ0n) is 12.1. The molecule has 0 spiro atoms. The van der Waals surface area contributed by atoms with Crippen molar-refractivity contribution in [2.45, 2.75) is 39.8 Å². The largest absolute Gasteiger partial charge is 0.304 e. The summed E-state index contributed by atoms with van der Waals surface area (Å²) in [6.45, 7) is 8.70. The van der Waals surface area contributed by atoms with Crippen molar-refractivity contribution in [1.29, 1.82) is 0 Å². The van der Waals surface area contributed by atoms with Gasteiger partial charge in [0.25, 0.3) is 0 Å². The predicted molar refractivity (Wildman–Crippen MR) is 80.1 cm³/mol. The highest BCUT2D eigenvalue weighted by Gasteiger charge is 2.11. The van der Waals surface area contributed by atoms with Crippen LogP contribution in [0.1, 0.15) is 48.2 Å². The summed E-state index contributed by atoms with van der Waals surface area (Å²) in [6.07, 6.45) is 3.68. The van der Waals surface area contributed by atoms with E-state index in [-0.39, 0.29) is 0 Å². The van der Waals surface area contributed by atoms with Gasteiger partial charge in [0.15, 0.2) is 0 Å². The molecule has 0 saturated heterocycles. The summed E-state index contributed by atoms with van der Waals surface area (Å²) in [6, 6.07) is 11.5. The maximum absolute atomic E-state index is 4.06. The number of hydrogen-bond acceptors (Lipinski definition) is 2. The van der Waals surface area contributed by atoms with Crippen molar-refractivity contribution in [3.8, 4) is 0 Å². The molecule has 2 atom stereocenters. The lowest BCUT2D eigenvalue weighted by molar-refractivity contribution is 0.494. The fraction of sp³-hybridized carbons (Fsp3) is 0.353. The molecule has 1 N–H and O–H groups in total. The van der Waals surface area contributed by atoms with Crippen molar-refractivity contribution in [2.75, 3.05) is 0 Å². The Morgan fingerprint density at radius 2 is 1.37 bits per heavy atom. The van der Waals surface area contributed by atoms with Gasteiger partial charge in [0, 0.05) is 24.5 Å². The quantitative estimate of drug-likeness (QED) is 0.888. The minimum absolute atomic E-state index is 0.318. The molecule has 0 aliphatic rings. The summed E-state index contributed by atoms with van der Waals surface area (Å²) >= 11 is 0. The Morgan fingerprint density at radius 3 is 1.95 bits per heavy atom. The van der Waals surface area contributed by atoms with Crippen molar-refractivity contribution < 1.29 is 0 Å². The van der Waals surface area contributed by atoms with Crippen molar-refractivity contribution >= 4 is 0 Å². The van der Waals surface area contributed by atoms with Crippen LogP contribution < -0.4 is 5.32 Å². The number of benzene rings is 1. The number of nitrogens with zero attached hydrogens (tertiary/aromatic N) is 1. The Labute approximate surface area is 115 Å². The lowest BCUT2D eigenvalue weighted by Gasteiger charge is -2.21. The first-order chi connectivity index (χ1) is 9.06. The van der Waals surface area contributed by atoms with Gasteiger partial charge >= 0.3 is 0 Å². The van der Waals surface area contributed by atoms with E-state index < -0.39 is 0 Å². The van der Waals surface area contributed by atoms with Gasteiger partial charge in [-0.15, -0.1) is 0 Å². The number of aryl methyl sites for hydroxylation is 2. The van der Waals surface area contributed by atoms with Gasteiger partial charge in [-0.3, -0.25) is 4.98 Å². The predicted octanol–water partition coefficient (Wildman–Crippen LogP) is 4.11. The third kappa shape index (κ3) is 3.65. The Bertz CT molecular complexity index is 514. The normalized spacial score (nSPS) is 14.1. The second-order valence-electron chi connectivity index (χ2n) is 5.31. The topological polar surface area (TPSA) is 24.9 Å². The third-order valence-corrected chi connectivity index (χ3v) is 3.45. The fourth-order valence-corrected chi connectivity index (χ4v) is 2.48. The maximum Gasteiger partial charge on any atom is 0.0298 e. The average molecular weight is 254 g/mol. The van der Waals surface area contributed by atoms with Gasteiger partial charge in [-0.05, 0) is 51.0 Å². The van der Waals surface area contributed by atoms with Gasteiger partial charge < -0.3 is 5.32 Å².